The maximum absolute atomic E-state index is 12.3. The molecule has 106 valence electrons. The van der Waals surface area contributed by atoms with Gasteiger partial charge in [0.1, 0.15) is 5.70 Å². The van der Waals surface area contributed by atoms with Crippen LogP contribution in [-0.2, 0) is 16.6 Å². The molecule has 0 aromatic carbocycles. The lowest BCUT2D eigenvalue weighted by molar-refractivity contribution is -0.123. The minimum Gasteiger partial charge on any atom is -0.376 e. The molecular formula is C13H16N4O2S. The normalized spacial score (nSPS) is 24.8. The number of nitrogens with one attached hydrogen (secondary N) is 1. The van der Waals surface area contributed by atoms with Gasteiger partial charge in [0.05, 0.1) is 18.8 Å². The fraction of sp³-hybridized carbons (Fsp3) is 0.462. The van der Waals surface area contributed by atoms with Gasteiger partial charge < -0.3 is 10.1 Å². The van der Waals surface area contributed by atoms with E-state index in [1.165, 1.54) is 0 Å². The molecule has 2 fully saturated rings. The van der Waals surface area contributed by atoms with E-state index < -0.39 is 0 Å². The zero-order chi connectivity index (χ0) is 14.1. The van der Waals surface area contributed by atoms with Gasteiger partial charge in [0.25, 0.3) is 5.91 Å². The van der Waals surface area contributed by atoms with Crippen LogP contribution in [-0.4, -0.2) is 45.0 Å². The number of aromatic nitrogens is 2. The highest BCUT2D eigenvalue weighted by atomic mass is 32.1. The Hall–Kier alpha value is -1.73. The second-order valence-corrected chi connectivity index (χ2v) is 5.37. The summed E-state index contributed by atoms with van der Waals surface area (Å²) in [7, 11) is 1.83. The van der Waals surface area contributed by atoms with Gasteiger partial charge in [-0.3, -0.25) is 14.4 Å². The Bertz CT molecular complexity index is 575. The molecule has 1 aromatic rings. The lowest BCUT2D eigenvalue weighted by Gasteiger charge is -2.18. The van der Waals surface area contributed by atoms with Crippen molar-refractivity contribution in [3.05, 3.63) is 23.7 Å². The number of aryl methyl sites for hydroxylation is 1. The van der Waals surface area contributed by atoms with Gasteiger partial charge in [-0.05, 0) is 31.1 Å². The third-order valence-corrected chi connectivity index (χ3v) is 3.73. The smallest absolute Gasteiger partial charge is 0.276 e. The van der Waals surface area contributed by atoms with Crippen LogP contribution in [0.1, 0.15) is 18.4 Å². The molecule has 0 radical (unpaired) electrons. The van der Waals surface area contributed by atoms with E-state index >= 15 is 0 Å². The maximum atomic E-state index is 12.3. The zero-order valence-corrected chi connectivity index (χ0v) is 12.0. The highest BCUT2D eigenvalue weighted by Crippen LogP contribution is 2.18. The van der Waals surface area contributed by atoms with Crippen molar-refractivity contribution < 1.29 is 9.53 Å². The molecule has 3 heterocycles. The molecule has 1 unspecified atom stereocenters. The lowest BCUT2D eigenvalue weighted by atomic mass is 10.2. The summed E-state index contributed by atoms with van der Waals surface area (Å²) >= 11 is 5.23. The predicted octanol–water partition coefficient (Wildman–Crippen LogP) is 0.657. The molecule has 1 amide bonds. The van der Waals surface area contributed by atoms with Crippen molar-refractivity contribution >= 4 is 29.3 Å². The summed E-state index contributed by atoms with van der Waals surface area (Å²) in [6.07, 6.45) is 7.43. The number of thiocarbonyl (C=S) groups is 1. The first kappa shape index (κ1) is 13.3. The van der Waals surface area contributed by atoms with Crippen LogP contribution < -0.4 is 5.32 Å². The van der Waals surface area contributed by atoms with Crippen LogP contribution >= 0.6 is 12.2 Å². The summed E-state index contributed by atoms with van der Waals surface area (Å²) in [4.78, 5) is 13.9. The van der Waals surface area contributed by atoms with Crippen LogP contribution in [0.15, 0.2) is 18.1 Å². The van der Waals surface area contributed by atoms with Gasteiger partial charge >= 0.3 is 0 Å². The molecule has 1 aromatic heterocycles. The van der Waals surface area contributed by atoms with Crippen LogP contribution in [0.2, 0.25) is 0 Å². The van der Waals surface area contributed by atoms with E-state index in [0.717, 1.165) is 25.0 Å². The molecule has 6 nitrogen and oxygen atoms in total. The Morgan fingerprint density at radius 2 is 2.50 bits per heavy atom. The molecule has 0 saturated carbocycles. The third-order valence-electron chi connectivity index (χ3n) is 3.41. The van der Waals surface area contributed by atoms with Crippen LogP contribution in [0.3, 0.4) is 0 Å². The van der Waals surface area contributed by atoms with E-state index in [9.17, 15) is 4.79 Å². The summed E-state index contributed by atoms with van der Waals surface area (Å²) in [5, 5.41) is 7.48. The van der Waals surface area contributed by atoms with Gasteiger partial charge in [-0.1, -0.05) is 0 Å². The highest BCUT2D eigenvalue weighted by molar-refractivity contribution is 7.80. The van der Waals surface area contributed by atoms with Crippen molar-refractivity contribution in [1.29, 1.82) is 0 Å². The largest absolute Gasteiger partial charge is 0.376 e. The standard InChI is InChI=1S/C13H16N4O2S/c1-16-7-9(6-14-16)5-11-12(18)17(13(20)15-11)8-10-3-2-4-19-10/h5-7,10H,2-4,8H2,1H3,(H,15,20)/b11-5+. The first-order chi connectivity index (χ1) is 9.63. The minimum atomic E-state index is -0.102. The topological polar surface area (TPSA) is 59.4 Å². The number of ether oxygens (including phenoxy) is 1. The first-order valence-electron chi connectivity index (χ1n) is 6.58. The molecule has 0 bridgehead atoms. The monoisotopic (exact) mass is 292 g/mol. The van der Waals surface area contributed by atoms with Crippen LogP contribution in [0.5, 0.6) is 0 Å². The molecule has 2 aliphatic heterocycles. The fourth-order valence-electron chi connectivity index (χ4n) is 2.41. The SMILES string of the molecule is Cn1cc(/C=C2/NC(=S)N(CC3CCCO3)C2=O)cn1. The second kappa shape index (κ2) is 5.34. The predicted molar refractivity (Wildman–Crippen MR) is 77.6 cm³/mol. The van der Waals surface area contributed by atoms with E-state index in [1.807, 2.05) is 13.2 Å². The summed E-state index contributed by atoms with van der Waals surface area (Å²) in [6, 6.07) is 0. The van der Waals surface area contributed by atoms with E-state index in [-0.39, 0.29) is 12.0 Å². The number of amides is 1. The Morgan fingerprint density at radius 3 is 3.15 bits per heavy atom. The zero-order valence-electron chi connectivity index (χ0n) is 11.2. The second-order valence-electron chi connectivity index (χ2n) is 4.99. The summed E-state index contributed by atoms with van der Waals surface area (Å²) in [6.45, 7) is 1.29. The number of nitrogens with zero attached hydrogens (tertiary/aromatic N) is 3. The van der Waals surface area contributed by atoms with Crippen molar-refractivity contribution in [2.24, 2.45) is 7.05 Å². The highest BCUT2D eigenvalue weighted by Gasteiger charge is 2.33. The lowest BCUT2D eigenvalue weighted by Crippen LogP contribution is -2.37. The average molecular weight is 292 g/mol. The summed E-state index contributed by atoms with van der Waals surface area (Å²) in [5.41, 5.74) is 1.35. The number of carbonyl (C=O) groups excluding carboxylic acids is 1. The minimum absolute atomic E-state index is 0.0939. The quantitative estimate of drug-likeness (QED) is 0.655. The Kier molecular flexibility index (Phi) is 3.54. The van der Waals surface area contributed by atoms with E-state index in [4.69, 9.17) is 17.0 Å². The van der Waals surface area contributed by atoms with Gasteiger partial charge in [0, 0.05) is 25.4 Å². The van der Waals surface area contributed by atoms with E-state index in [2.05, 4.69) is 10.4 Å². The van der Waals surface area contributed by atoms with Crippen molar-refractivity contribution in [2.75, 3.05) is 13.2 Å². The summed E-state index contributed by atoms with van der Waals surface area (Å²) < 4.78 is 7.24. The number of rotatable bonds is 3. The molecule has 0 spiro atoms. The third kappa shape index (κ3) is 2.59. The average Bonchev–Trinajstić information content (AvgIpc) is 3.10. The number of hydrogen-bond donors (Lipinski definition) is 1. The summed E-state index contributed by atoms with van der Waals surface area (Å²) in [5.74, 6) is -0.102. The molecule has 2 aliphatic rings. The molecule has 0 aliphatic carbocycles. The van der Waals surface area contributed by atoms with Crippen LogP contribution in [0.25, 0.3) is 6.08 Å². The molecule has 2 saturated heterocycles. The van der Waals surface area contributed by atoms with Crippen molar-refractivity contribution in [1.82, 2.24) is 20.0 Å². The van der Waals surface area contributed by atoms with Crippen LogP contribution in [0, 0.1) is 0 Å². The van der Waals surface area contributed by atoms with Crippen molar-refractivity contribution in [2.45, 2.75) is 18.9 Å². The van der Waals surface area contributed by atoms with Gasteiger partial charge in [-0.2, -0.15) is 5.10 Å². The Morgan fingerprint density at radius 1 is 1.65 bits per heavy atom. The van der Waals surface area contributed by atoms with Crippen molar-refractivity contribution in [3.8, 4) is 0 Å². The Labute approximate surface area is 122 Å². The van der Waals surface area contributed by atoms with Gasteiger partial charge in [-0.25, -0.2) is 0 Å². The van der Waals surface area contributed by atoms with Crippen LogP contribution in [0.4, 0.5) is 0 Å². The van der Waals surface area contributed by atoms with Gasteiger partial charge in [-0.15, -0.1) is 0 Å². The molecule has 1 atom stereocenters. The maximum Gasteiger partial charge on any atom is 0.276 e. The van der Waals surface area contributed by atoms with Gasteiger partial charge in [0.2, 0.25) is 0 Å². The fourth-order valence-corrected chi connectivity index (χ4v) is 2.68. The molecule has 1 N–H and O–H groups in total. The van der Waals surface area contributed by atoms with E-state index in [1.54, 1.807) is 21.9 Å². The van der Waals surface area contributed by atoms with Gasteiger partial charge in [0.15, 0.2) is 5.11 Å². The first-order valence-corrected chi connectivity index (χ1v) is 6.99. The number of hydrogen-bond acceptors (Lipinski definition) is 4. The molecule has 3 rings (SSSR count). The number of carbonyl (C=O) groups is 1. The van der Waals surface area contributed by atoms with Crippen molar-refractivity contribution in [3.63, 3.8) is 0 Å². The molecule has 20 heavy (non-hydrogen) atoms. The molecular weight excluding hydrogens is 276 g/mol. The Balaban J connectivity index is 1.74. The molecule has 7 heteroatoms. The van der Waals surface area contributed by atoms with E-state index in [0.29, 0.717) is 17.4 Å².